The Morgan fingerprint density at radius 3 is 1.93 bits per heavy atom. The summed E-state index contributed by atoms with van der Waals surface area (Å²) in [5.41, 5.74) is -0.397. The fourth-order valence-corrected chi connectivity index (χ4v) is 4.81. The maximum absolute atomic E-state index is 13.3. The number of carbonyl (C=O) groups is 5. The van der Waals surface area contributed by atoms with Crippen LogP contribution in [0.5, 0.6) is 0 Å². The lowest BCUT2D eigenvalue weighted by Crippen LogP contribution is -2.60. The minimum absolute atomic E-state index is 0.113. The molecule has 0 aromatic heterocycles. The van der Waals surface area contributed by atoms with E-state index in [9.17, 15) is 49.5 Å². The van der Waals surface area contributed by atoms with Gasteiger partial charge in [0.15, 0.2) is 6.10 Å². The van der Waals surface area contributed by atoms with Gasteiger partial charge >= 0.3 is 12.1 Å². The molecule has 0 spiro atoms. The van der Waals surface area contributed by atoms with E-state index in [1.807, 2.05) is 0 Å². The molecular formula is C30H48N4O11S. The van der Waals surface area contributed by atoms with Crippen LogP contribution in [0.3, 0.4) is 0 Å². The minimum Gasteiger partial charge on any atom is -0.481 e. The molecule has 0 fully saturated rings. The Bertz CT molecular complexity index is 1150. The lowest BCUT2D eigenvalue weighted by atomic mass is 9.98. The fourth-order valence-electron chi connectivity index (χ4n) is 4.25. The number of carbonyl (C=O) groups excluding carboxylic acids is 4. The predicted molar refractivity (Wildman–Crippen MR) is 170 cm³/mol. The third-order valence-electron chi connectivity index (χ3n) is 6.46. The van der Waals surface area contributed by atoms with Crippen molar-refractivity contribution >= 4 is 41.5 Å². The van der Waals surface area contributed by atoms with Crippen LogP contribution in [0.1, 0.15) is 59.1 Å². The summed E-state index contributed by atoms with van der Waals surface area (Å²) < 4.78 is 5.22. The second-order valence-electron chi connectivity index (χ2n) is 12.1. The zero-order chi connectivity index (χ0) is 35.2. The molecule has 16 heteroatoms. The van der Waals surface area contributed by atoms with Crippen LogP contribution in [0.2, 0.25) is 0 Å². The van der Waals surface area contributed by atoms with Crippen molar-refractivity contribution in [3.63, 3.8) is 0 Å². The van der Waals surface area contributed by atoms with E-state index in [4.69, 9.17) is 4.74 Å². The van der Waals surface area contributed by atoms with E-state index in [1.165, 1.54) is 11.8 Å². The molecule has 0 saturated carbocycles. The Hall–Kier alpha value is -3.44. The first-order chi connectivity index (χ1) is 21.4. The van der Waals surface area contributed by atoms with Gasteiger partial charge in [0.2, 0.25) is 11.8 Å². The van der Waals surface area contributed by atoms with E-state index in [2.05, 4.69) is 21.3 Å². The average Bonchev–Trinajstić information content (AvgIpc) is 2.96. The number of carboxylic acids is 1. The molecule has 46 heavy (non-hydrogen) atoms. The topological polar surface area (TPSA) is 244 Å². The Morgan fingerprint density at radius 1 is 0.848 bits per heavy atom. The summed E-state index contributed by atoms with van der Waals surface area (Å²) in [7, 11) is 0. The highest BCUT2D eigenvalue weighted by Gasteiger charge is 2.38. The van der Waals surface area contributed by atoms with Crippen LogP contribution in [0.4, 0.5) is 4.79 Å². The summed E-state index contributed by atoms with van der Waals surface area (Å²) in [5, 5.41) is 60.7. The van der Waals surface area contributed by atoms with E-state index >= 15 is 0 Å². The number of hydrogen-bond donors (Lipinski definition) is 9. The summed E-state index contributed by atoms with van der Waals surface area (Å²) in [5.74, 6) is -3.95. The van der Waals surface area contributed by atoms with Crippen LogP contribution in [-0.4, -0.2) is 116 Å². The molecule has 1 aromatic carbocycles. The number of hydrogen-bond acceptors (Lipinski definition) is 11. The van der Waals surface area contributed by atoms with Crippen LogP contribution >= 0.6 is 11.8 Å². The van der Waals surface area contributed by atoms with Crippen LogP contribution in [0, 0.1) is 5.92 Å². The molecule has 1 rings (SSSR count). The maximum atomic E-state index is 13.3. The SMILES string of the molecule is CSC[C@H](NC(=O)OC(C)(C)C)C(=O)N[C@@H](CC(C)C)C(=O)N[C@@H](CO)[C@@H](O)[C@@H](O)[C@H](O)C(=O)N[C@@H](CC(=O)O)c1ccccc1. The molecule has 9 N–H and O–H groups in total. The van der Waals surface area contributed by atoms with Crippen molar-refractivity contribution in [1.29, 1.82) is 0 Å². The number of aliphatic carboxylic acids is 1. The number of thioether (sulfide) groups is 1. The second kappa shape index (κ2) is 19.3. The number of alkyl carbamates (subject to hydrolysis) is 1. The average molecular weight is 673 g/mol. The van der Waals surface area contributed by atoms with Gasteiger partial charge in [-0.25, -0.2) is 4.79 Å². The highest BCUT2D eigenvalue weighted by atomic mass is 32.2. The molecule has 7 atom stereocenters. The van der Waals surface area contributed by atoms with Gasteiger partial charge in [-0.3, -0.25) is 19.2 Å². The highest BCUT2D eigenvalue weighted by Crippen LogP contribution is 2.18. The number of ether oxygens (including phenoxy) is 1. The lowest BCUT2D eigenvalue weighted by molar-refractivity contribution is -0.145. The molecule has 1 aromatic rings. The van der Waals surface area contributed by atoms with Gasteiger partial charge in [-0.15, -0.1) is 0 Å². The van der Waals surface area contributed by atoms with Crippen molar-refractivity contribution in [3.8, 4) is 0 Å². The molecule has 0 bridgehead atoms. The number of aliphatic hydroxyl groups excluding tert-OH is 4. The molecular weight excluding hydrogens is 624 g/mol. The molecule has 0 aliphatic rings. The molecule has 0 radical (unpaired) electrons. The van der Waals surface area contributed by atoms with Gasteiger partial charge in [0.25, 0.3) is 5.91 Å². The van der Waals surface area contributed by atoms with Gasteiger partial charge in [-0.2, -0.15) is 11.8 Å². The Labute approximate surface area is 272 Å². The van der Waals surface area contributed by atoms with Crippen molar-refractivity contribution in [1.82, 2.24) is 21.3 Å². The first kappa shape index (κ1) is 40.6. The summed E-state index contributed by atoms with van der Waals surface area (Å²) in [4.78, 5) is 62.8. The van der Waals surface area contributed by atoms with Gasteiger partial charge < -0.3 is 51.5 Å². The molecule has 0 saturated heterocycles. The van der Waals surface area contributed by atoms with Crippen molar-refractivity contribution < 1.29 is 54.2 Å². The summed E-state index contributed by atoms with van der Waals surface area (Å²) in [6.45, 7) is 7.63. The molecule has 0 aliphatic carbocycles. The lowest BCUT2D eigenvalue weighted by Gasteiger charge is -2.31. The van der Waals surface area contributed by atoms with Crippen LogP contribution in [0.15, 0.2) is 30.3 Å². The Morgan fingerprint density at radius 2 is 1.43 bits per heavy atom. The monoisotopic (exact) mass is 672 g/mol. The van der Waals surface area contributed by atoms with E-state index in [0.717, 1.165) is 0 Å². The van der Waals surface area contributed by atoms with Crippen molar-refractivity contribution in [2.45, 2.75) is 95.5 Å². The molecule has 0 unspecified atom stereocenters. The molecule has 0 aliphatic heterocycles. The Kier molecular flexibility index (Phi) is 17.0. The summed E-state index contributed by atoms with van der Waals surface area (Å²) in [6, 6.07) is 3.11. The quantitative estimate of drug-likeness (QED) is 0.0973. The van der Waals surface area contributed by atoms with E-state index in [1.54, 1.807) is 71.2 Å². The third kappa shape index (κ3) is 14.3. The van der Waals surface area contributed by atoms with Gasteiger partial charge in [0.1, 0.15) is 29.9 Å². The molecule has 0 heterocycles. The largest absolute Gasteiger partial charge is 0.481 e. The predicted octanol–water partition coefficient (Wildman–Crippen LogP) is -0.334. The van der Waals surface area contributed by atoms with Gasteiger partial charge in [-0.1, -0.05) is 44.2 Å². The molecule has 260 valence electrons. The second-order valence-corrected chi connectivity index (χ2v) is 13.0. The first-order valence-corrected chi connectivity index (χ1v) is 16.1. The number of nitrogens with one attached hydrogen (secondary N) is 4. The normalized spacial score (nSPS) is 16.2. The standard InChI is InChI=1S/C30H48N4O11S/c1-16(2)12-19(32-27(42)21(15-46-6)34-29(44)45-30(3,4)5)26(41)33-20(14-35)23(38)24(39)25(40)28(43)31-18(13-22(36)37)17-10-8-7-9-11-17/h7-11,16,18-21,23-25,35,38-40H,12-15H2,1-6H3,(H,31,43)(H,32,42)(H,33,41)(H,34,44)(H,36,37)/t18-,19-,20-,21-,23+,24+,25-/m0/s1. The fraction of sp³-hybridized carbons (Fsp3) is 0.633. The number of carboxylic acid groups (broad SMARTS) is 1. The molecule has 15 nitrogen and oxygen atoms in total. The number of amides is 4. The van der Waals surface area contributed by atoms with Gasteiger partial charge in [0, 0.05) is 5.75 Å². The maximum Gasteiger partial charge on any atom is 0.408 e. The van der Waals surface area contributed by atoms with Crippen LogP contribution < -0.4 is 21.3 Å². The summed E-state index contributed by atoms with van der Waals surface area (Å²) in [6.07, 6.45) is -6.11. The van der Waals surface area contributed by atoms with Crippen LogP contribution in [0.25, 0.3) is 0 Å². The summed E-state index contributed by atoms with van der Waals surface area (Å²) >= 11 is 1.27. The molecule has 4 amide bonds. The Balaban J connectivity index is 3.02. The number of rotatable bonds is 18. The van der Waals surface area contributed by atoms with Crippen LogP contribution in [-0.2, 0) is 23.9 Å². The first-order valence-electron chi connectivity index (χ1n) is 14.7. The smallest absolute Gasteiger partial charge is 0.408 e. The number of benzene rings is 1. The zero-order valence-corrected chi connectivity index (χ0v) is 27.7. The zero-order valence-electron chi connectivity index (χ0n) is 26.9. The highest BCUT2D eigenvalue weighted by molar-refractivity contribution is 7.98. The minimum atomic E-state index is -2.28. The van der Waals surface area contributed by atoms with E-state index in [0.29, 0.717) is 5.56 Å². The van der Waals surface area contributed by atoms with E-state index in [-0.39, 0.29) is 18.1 Å². The van der Waals surface area contributed by atoms with Gasteiger partial charge in [0.05, 0.1) is 25.1 Å². The van der Waals surface area contributed by atoms with Gasteiger partial charge in [-0.05, 0) is 44.9 Å². The number of aliphatic hydroxyl groups is 4. The van der Waals surface area contributed by atoms with Crippen molar-refractivity contribution in [3.05, 3.63) is 35.9 Å². The van der Waals surface area contributed by atoms with E-state index < -0.39 is 90.9 Å². The van der Waals surface area contributed by atoms with Crippen molar-refractivity contribution in [2.24, 2.45) is 5.92 Å². The van der Waals surface area contributed by atoms with Crippen molar-refractivity contribution in [2.75, 3.05) is 18.6 Å². The third-order valence-corrected chi connectivity index (χ3v) is 7.12.